The summed E-state index contributed by atoms with van der Waals surface area (Å²) in [5.41, 5.74) is 7.05. The molecule has 21 heavy (non-hydrogen) atoms. The number of anilines is 1. The van der Waals surface area contributed by atoms with Crippen molar-refractivity contribution in [1.29, 1.82) is 0 Å². The van der Waals surface area contributed by atoms with Crippen LogP contribution in [-0.2, 0) is 0 Å². The minimum atomic E-state index is -0.0685. The second kappa shape index (κ2) is 6.79. The molecule has 1 amide bonds. The van der Waals surface area contributed by atoms with Crippen LogP contribution in [0, 0.1) is 0 Å². The third-order valence-corrected chi connectivity index (χ3v) is 5.24. The van der Waals surface area contributed by atoms with Gasteiger partial charge in [0.1, 0.15) is 0 Å². The van der Waals surface area contributed by atoms with E-state index in [1.165, 1.54) is 19.3 Å². The number of hydrogen-bond acceptors (Lipinski definition) is 3. The van der Waals surface area contributed by atoms with Crippen LogP contribution in [0.2, 0.25) is 0 Å². The van der Waals surface area contributed by atoms with Crippen LogP contribution in [0.25, 0.3) is 0 Å². The van der Waals surface area contributed by atoms with Crippen LogP contribution in [0.4, 0.5) is 5.69 Å². The van der Waals surface area contributed by atoms with Gasteiger partial charge in [-0.3, -0.25) is 4.79 Å². The SMILES string of the molecule is CN(C)C1(CNC(=O)c2cc(N)ccc2Br)CCCCC1. The molecule has 4 nitrogen and oxygen atoms in total. The molecule has 5 heteroatoms. The van der Waals surface area contributed by atoms with E-state index < -0.39 is 0 Å². The number of nitrogens with one attached hydrogen (secondary N) is 1. The van der Waals surface area contributed by atoms with E-state index in [4.69, 9.17) is 5.73 Å². The molecule has 0 radical (unpaired) electrons. The van der Waals surface area contributed by atoms with E-state index in [0.29, 0.717) is 17.8 Å². The number of carbonyl (C=O) groups excluding carboxylic acids is 1. The summed E-state index contributed by atoms with van der Waals surface area (Å²) in [6.45, 7) is 0.681. The Morgan fingerprint density at radius 1 is 1.33 bits per heavy atom. The molecule has 1 aliphatic carbocycles. The van der Waals surface area contributed by atoms with Crippen molar-refractivity contribution in [2.75, 3.05) is 26.4 Å². The van der Waals surface area contributed by atoms with Gasteiger partial charge in [-0.05, 0) is 61.1 Å². The van der Waals surface area contributed by atoms with Gasteiger partial charge in [0.2, 0.25) is 0 Å². The van der Waals surface area contributed by atoms with Crippen molar-refractivity contribution in [2.24, 2.45) is 0 Å². The largest absolute Gasteiger partial charge is 0.399 e. The fourth-order valence-corrected chi connectivity index (χ4v) is 3.48. The maximum absolute atomic E-state index is 12.4. The highest BCUT2D eigenvalue weighted by Crippen LogP contribution is 2.31. The molecule has 1 aliphatic rings. The van der Waals surface area contributed by atoms with Gasteiger partial charge in [-0.15, -0.1) is 0 Å². The number of likely N-dealkylation sites (N-methyl/N-ethyl adjacent to an activating group) is 1. The van der Waals surface area contributed by atoms with Gasteiger partial charge < -0.3 is 16.0 Å². The van der Waals surface area contributed by atoms with Gasteiger partial charge in [-0.1, -0.05) is 19.3 Å². The van der Waals surface area contributed by atoms with E-state index >= 15 is 0 Å². The Balaban J connectivity index is 2.07. The average molecular weight is 354 g/mol. The van der Waals surface area contributed by atoms with Crippen LogP contribution in [0.1, 0.15) is 42.5 Å². The number of hydrogen-bond donors (Lipinski definition) is 2. The summed E-state index contributed by atoms with van der Waals surface area (Å²) < 4.78 is 0.775. The molecule has 0 saturated heterocycles. The first-order valence-corrected chi connectivity index (χ1v) is 8.25. The zero-order chi connectivity index (χ0) is 15.5. The van der Waals surface area contributed by atoms with E-state index in [-0.39, 0.29) is 11.4 Å². The van der Waals surface area contributed by atoms with E-state index in [1.807, 2.05) is 6.07 Å². The van der Waals surface area contributed by atoms with Gasteiger partial charge in [-0.2, -0.15) is 0 Å². The molecule has 116 valence electrons. The van der Waals surface area contributed by atoms with Crippen molar-refractivity contribution in [2.45, 2.75) is 37.6 Å². The summed E-state index contributed by atoms with van der Waals surface area (Å²) in [6, 6.07) is 5.30. The summed E-state index contributed by atoms with van der Waals surface area (Å²) in [4.78, 5) is 14.7. The second-order valence-corrected chi connectivity index (χ2v) is 6.96. The summed E-state index contributed by atoms with van der Waals surface area (Å²) in [7, 11) is 4.21. The Kier molecular flexibility index (Phi) is 5.27. The van der Waals surface area contributed by atoms with Gasteiger partial charge in [0, 0.05) is 22.2 Å². The highest BCUT2D eigenvalue weighted by molar-refractivity contribution is 9.10. The van der Waals surface area contributed by atoms with Crippen LogP contribution in [0.15, 0.2) is 22.7 Å². The predicted octanol–water partition coefficient (Wildman–Crippen LogP) is 3.03. The molecule has 1 aromatic rings. The van der Waals surface area contributed by atoms with Crippen molar-refractivity contribution in [1.82, 2.24) is 10.2 Å². The molecule has 0 unspecified atom stereocenters. The summed E-state index contributed by atoms with van der Waals surface area (Å²) >= 11 is 3.41. The molecule has 1 fully saturated rings. The first-order valence-electron chi connectivity index (χ1n) is 7.45. The maximum atomic E-state index is 12.4. The normalized spacial score (nSPS) is 17.7. The number of rotatable bonds is 4. The van der Waals surface area contributed by atoms with Crippen molar-refractivity contribution < 1.29 is 4.79 Å². The Morgan fingerprint density at radius 3 is 2.62 bits per heavy atom. The number of nitrogen functional groups attached to an aromatic ring is 1. The Labute approximate surface area is 135 Å². The lowest BCUT2D eigenvalue weighted by atomic mass is 9.80. The standard InChI is InChI=1S/C16H24BrN3O/c1-20(2)16(8-4-3-5-9-16)11-19-15(21)13-10-12(18)6-7-14(13)17/h6-7,10H,3-5,8-9,11,18H2,1-2H3,(H,19,21). The Morgan fingerprint density at radius 2 is 2.00 bits per heavy atom. The number of halogens is 1. The zero-order valence-electron chi connectivity index (χ0n) is 12.8. The first-order chi connectivity index (χ1) is 9.94. The third-order valence-electron chi connectivity index (χ3n) is 4.55. The average Bonchev–Trinajstić information content (AvgIpc) is 2.48. The van der Waals surface area contributed by atoms with Crippen LogP contribution in [-0.4, -0.2) is 37.0 Å². The molecule has 1 saturated carbocycles. The molecular formula is C16H24BrN3O. The topological polar surface area (TPSA) is 58.4 Å². The fraction of sp³-hybridized carbons (Fsp3) is 0.562. The van der Waals surface area contributed by atoms with Gasteiger partial charge in [-0.25, -0.2) is 0 Å². The summed E-state index contributed by atoms with van der Waals surface area (Å²) in [5.74, 6) is -0.0685. The Bertz CT molecular complexity index is 510. The lowest BCUT2D eigenvalue weighted by Gasteiger charge is -2.43. The van der Waals surface area contributed by atoms with E-state index in [1.54, 1.807) is 12.1 Å². The quantitative estimate of drug-likeness (QED) is 0.818. The molecule has 2 rings (SSSR count). The summed E-state index contributed by atoms with van der Waals surface area (Å²) in [6.07, 6.45) is 6.03. The molecule has 0 aromatic heterocycles. The third kappa shape index (κ3) is 3.77. The number of carbonyl (C=O) groups is 1. The van der Waals surface area contributed by atoms with Crippen LogP contribution in [0.3, 0.4) is 0 Å². The smallest absolute Gasteiger partial charge is 0.252 e. The minimum absolute atomic E-state index is 0.0685. The molecule has 0 bridgehead atoms. The van der Waals surface area contributed by atoms with E-state index in [0.717, 1.165) is 17.3 Å². The molecule has 0 spiro atoms. The number of benzene rings is 1. The monoisotopic (exact) mass is 353 g/mol. The lowest BCUT2D eigenvalue weighted by molar-refractivity contribution is 0.0799. The molecular weight excluding hydrogens is 330 g/mol. The van der Waals surface area contributed by atoms with Gasteiger partial charge >= 0.3 is 0 Å². The highest BCUT2D eigenvalue weighted by Gasteiger charge is 2.34. The molecule has 3 N–H and O–H groups in total. The van der Waals surface area contributed by atoms with Gasteiger partial charge in [0.15, 0.2) is 0 Å². The molecule has 0 atom stereocenters. The first kappa shape index (κ1) is 16.3. The van der Waals surface area contributed by atoms with E-state index in [9.17, 15) is 4.79 Å². The Hall–Kier alpha value is -1.07. The number of nitrogens with two attached hydrogens (primary N) is 1. The van der Waals surface area contributed by atoms with Gasteiger partial charge in [0.05, 0.1) is 5.56 Å². The number of amides is 1. The predicted molar refractivity (Wildman–Crippen MR) is 90.4 cm³/mol. The van der Waals surface area contributed by atoms with Crippen LogP contribution >= 0.6 is 15.9 Å². The highest BCUT2D eigenvalue weighted by atomic mass is 79.9. The van der Waals surface area contributed by atoms with Crippen molar-refractivity contribution in [3.05, 3.63) is 28.2 Å². The molecule has 0 aliphatic heterocycles. The number of nitrogens with zero attached hydrogens (tertiary/aromatic N) is 1. The van der Waals surface area contributed by atoms with Crippen molar-refractivity contribution in [3.63, 3.8) is 0 Å². The van der Waals surface area contributed by atoms with Crippen molar-refractivity contribution in [3.8, 4) is 0 Å². The second-order valence-electron chi connectivity index (χ2n) is 6.10. The van der Waals surface area contributed by atoms with Crippen LogP contribution in [0.5, 0.6) is 0 Å². The fourth-order valence-electron chi connectivity index (χ4n) is 3.05. The molecule has 0 heterocycles. The van der Waals surface area contributed by atoms with Crippen molar-refractivity contribution >= 4 is 27.5 Å². The van der Waals surface area contributed by atoms with Gasteiger partial charge in [0.25, 0.3) is 5.91 Å². The summed E-state index contributed by atoms with van der Waals surface area (Å²) in [5, 5.41) is 3.09. The maximum Gasteiger partial charge on any atom is 0.252 e. The zero-order valence-corrected chi connectivity index (χ0v) is 14.4. The molecule has 1 aromatic carbocycles. The minimum Gasteiger partial charge on any atom is -0.399 e. The van der Waals surface area contributed by atoms with E-state index in [2.05, 4.69) is 40.2 Å². The van der Waals surface area contributed by atoms with Crippen LogP contribution < -0.4 is 11.1 Å². The lowest BCUT2D eigenvalue weighted by Crippen LogP contribution is -2.53.